The van der Waals surface area contributed by atoms with Crippen molar-refractivity contribution in [2.24, 2.45) is 5.73 Å². The first-order chi connectivity index (χ1) is 8.61. The van der Waals surface area contributed by atoms with Crippen LogP contribution in [0.2, 0.25) is 0 Å². The fourth-order valence-electron chi connectivity index (χ4n) is 2.17. The Morgan fingerprint density at radius 3 is 2.50 bits per heavy atom. The molecule has 1 aliphatic carbocycles. The van der Waals surface area contributed by atoms with E-state index in [-0.39, 0.29) is 5.54 Å². The highest BCUT2D eigenvalue weighted by atomic mass is 16.5. The Morgan fingerprint density at radius 2 is 1.94 bits per heavy atom. The number of benzene rings is 1. The zero-order valence-corrected chi connectivity index (χ0v) is 11.5. The summed E-state index contributed by atoms with van der Waals surface area (Å²) in [7, 11) is 2.15. The fraction of sp³-hybridized carbons (Fsp3) is 0.600. The molecule has 18 heavy (non-hydrogen) atoms. The molecule has 1 aromatic rings. The summed E-state index contributed by atoms with van der Waals surface area (Å²) >= 11 is 0. The lowest BCUT2D eigenvalue weighted by molar-refractivity contribution is 0.306. The Balaban J connectivity index is 1.75. The lowest BCUT2D eigenvalue weighted by Gasteiger charge is -2.20. The Bertz CT molecular complexity index is 371. The predicted octanol–water partition coefficient (Wildman–Crippen LogP) is 2.05. The molecular weight excluding hydrogens is 224 g/mol. The molecule has 0 amide bonds. The second-order valence-corrected chi connectivity index (χ2v) is 5.43. The standard InChI is InChI=1S/C15H24N2O/c1-3-18-14-6-4-13(5-7-14)8-11-17(2)12-15(16)9-10-15/h4-7H,3,8-12,16H2,1-2H3. The van der Waals surface area contributed by atoms with Gasteiger partial charge in [-0.05, 0) is 50.9 Å². The van der Waals surface area contributed by atoms with Crippen molar-refractivity contribution in [1.82, 2.24) is 4.90 Å². The van der Waals surface area contributed by atoms with Gasteiger partial charge in [-0.15, -0.1) is 0 Å². The Morgan fingerprint density at radius 1 is 1.28 bits per heavy atom. The predicted molar refractivity (Wildman–Crippen MR) is 75.0 cm³/mol. The molecule has 0 unspecified atom stereocenters. The number of rotatable bonds is 7. The van der Waals surface area contributed by atoms with Crippen LogP contribution in [0, 0.1) is 0 Å². The van der Waals surface area contributed by atoms with Crippen LogP contribution < -0.4 is 10.5 Å². The van der Waals surface area contributed by atoms with E-state index in [9.17, 15) is 0 Å². The smallest absolute Gasteiger partial charge is 0.119 e. The molecule has 0 aromatic heterocycles. The zero-order valence-electron chi connectivity index (χ0n) is 11.5. The molecule has 2 rings (SSSR count). The number of nitrogens with zero attached hydrogens (tertiary/aromatic N) is 1. The molecular formula is C15H24N2O. The maximum absolute atomic E-state index is 6.11. The van der Waals surface area contributed by atoms with Gasteiger partial charge in [0.1, 0.15) is 5.75 Å². The molecule has 3 nitrogen and oxygen atoms in total. The molecule has 1 aromatic carbocycles. The average molecular weight is 248 g/mol. The second-order valence-electron chi connectivity index (χ2n) is 5.43. The van der Waals surface area contributed by atoms with Gasteiger partial charge in [0.15, 0.2) is 0 Å². The summed E-state index contributed by atoms with van der Waals surface area (Å²) in [6.07, 6.45) is 3.43. The van der Waals surface area contributed by atoms with E-state index < -0.39 is 0 Å². The molecule has 0 radical (unpaired) electrons. The summed E-state index contributed by atoms with van der Waals surface area (Å²) in [4.78, 5) is 2.34. The van der Waals surface area contributed by atoms with E-state index in [1.807, 2.05) is 19.1 Å². The van der Waals surface area contributed by atoms with Crippen molar-refractivity contribution in [2.75, 3.05) is 26.7 Å². The normalized spacial score (nSPS) is 16.9. The molecule has 0 spiro atoms. The van der Waals surface area contributed by atoms with Crippen LogP contribution >= 0.6 is 0 Å². The maximum Gasteiger partial charge on any atom is 0.119 e. The Kier molecular flexibility index (Phi) is 4.25. The van der Waals surface area contributed by atoms with Gasteiger partial charge < -0.3 is 15.4 Å². The van der Waals surface area contributed by atoms with Gasteiger partial charge in [-0.25, -0.2) is 0 Å². The maximum atomic E-state index is 6.11. The lowest BCUT2D eigenvalue weighted by Crippen LogP contribution is -2.38. The van der Waals surface area contributed by atoms with Gasteiger partial charge in [0.25, 0.3) is 0 Å². The highest BCUT2D eigenvalue weighted by Crippen LogP contribution is 2.32. The Hall–Kier alpha value is -1.06. The summed E-state index contributed by atoms with van der Waals surface area (Å²) in [5, 5.41) is 0. The average Bonchev–Trinajstić information content (AvgIpc) is 3.06. The third-order valence-corrected chi connectivity index (χ3v) is 3.49. The summed E-state index contributed by atoms with van der Waals surface area (Å²) < 4.78 is 5.43. The van der Waals surface area contributed by atoms with Crippen molar-refractivity contribution < 1.29 is 4.74 Å². The van der Waals surface area contributed by atoms with E-state index in [0.717, 1.165) is 31.9 Å². The van der Waals surface area contributed by atoms with Crippen LogP contribution in [0.5, 0.6) is 5.75 Å². The van der Waals surface area contributed by atoms with Crippen LogP contribution in [0.1, 0.15) is 25.3 Å². The van der Waals surface area contributed by atoms with Crippen LogP contribution in [0.25, 0.3) is 0 Å². The third kappa shape index (κ3) is 4.00. The van der Waals surface area contributed by atoms with E-state index in [1.54, 1.807) is 0 Å². The van der Waals surface area contributed by atoms with Crippen molar-refractivity contribution in [1.29, 1.82) is 0 Å². The van der Waals surface area contributed by atoms with E-state index in [0.29, 0.717) is 0 Å². The zero-order chi connectivity index (χ0) is 13.0. The van der Waals surface area contributed by atoms with Crippen molar-refractivity contribution >= 4 is 0 Å². The lowest BCUT2D eigenvalue weighted by atomic mass is 10.1. The molecule has 1 fully saturated rings. The van der Waals surface area contributed by atoms with Crippen LogP contribution in [-0.4, -0.2) is 37.2 Å². The van der Waals surface area contributed by atoms with Gasteiger partial charge in [0.2, 0.25) is 0 Å². The highest BCUT2D eigenvalue weighted by molar-refractivity contribution is 5.27. The SMILES string of the molecule is CCOc1ccc(CCN(C)CC2(N)CC2)cc1. The first-order valence-electron chi connectivity index (χ1n) is 6.80. The molecule has 0 aliphatic heterocycles. The minimum Gasteiger partial charge on any atom is -0.494 e. The van der Waals surface area contributed by atoms with Gasteiger partial charge in [-0.2, -0.15) is 0 Å². The number of hydrogen-bond acceptors (Lipinski definition) is 3. The summed E-state index contributed by atoms with van der Waals surface area (Å²) in [6, 6.07) is 8.39. The summed E-state index contributed by atoms with van der Waals surface area (Å²) in [5.74, 6) is 0.952. The van der Waals surface area contributed by atoms with Crippen LogP contribution in [0.3, 0.4) is 0 Å². The van der Waals surface area contributed by atoms with E-state index in [2.05, 4.69) is 24.1 Å². The summed E-state index contributed by atoms with van der Waals surface area (Å²) in [6.45, 7) is 4.81. The van der Waals surface area contributed by atoms with Crippen molar-refractivity contribution in [3.63, 3.8) is 0 Å². The van der Waals surface area contributed by atoms with E-state index >= 15 is 0 Å². The van der Waals surface area contributed by atoms with Gasteiger partial charge in [0.05, 0.1) is 6.61 Å². The Labute approximate surface area is 110 Å². The third-order valence-electron chi connectivity index (χ3n) is 3.49. The van der Waals surface area contributed by atoms with Crippen molar-refractivity contribution in [3.05, 3.63) is 29.8 Å². The molecule has 1 aliphatic rings. The molecule has 2 N–H and O–H groups in total. The largest absolute Gasteiger partial charge is 0.494 e. The quantitative estimate of drug-likeness (QED) is 0.802. The van der Waals surface area contributed by atoms with E-state index in [1.165, 1.54) is 18.4 Å². The van der Waals surface area contributed by atoms with Crippen LogP contribution in [0.4, 0.5) is 0 Å². The molecule has 0 bridgehead atoms. The molecule has 1 saturated carbocycles. The van der Waals surface area contributed by atoms with Crippen LogP contribution in [-0.2, 0) is 6.42 Å². The number of likely N-dealkylation sites (N-methyl/N-ethyl adjacent to an activating group) is 1. The number of ether oxygens (including phenoxy) is 1. The molecule has 100 valence electrons. The number of hydrogen-bond donors (Lipinski definition) is 1. The molecule has 0 heterocycles. The second kappa shape index (κ2) is 5.72. The number of nitrogens with two attached hydrogens (primary N) is 1. The van der Waals surface area contributed by atoms with Gasteiger partial charge in [-0.1, -0.05) is 12.1 Å². The minimum absolute atomic E-state index is 0.119. The fourth-order valence-corrected chi connectivity index (χ4v) is 2.17. The van der Waals surface area contributed by atoms with Crippen LogP contribution in [0.15, 0.2) is 24.3 Å². The highest BCUT2D eigenvalue weighted by Gasteiger charge is 2.38. The van der Waals surface area contributed by atoms with Crippen molar-refractivity contribution in [3.8, 4) is 5.75 Å². The molecule has 3 heteroatoms. The summed E-state index contributed by atoms with van der Waals surface area (Å²) in [5.41, 5.74) is 7.58. The van der Waals surface area contributed by atoms with Gasteiger partial charge >= 0.3 is 0 Å². The monoisotopic (exact) mass is 248 g/mol. The first kappa shape index (κ1) is 13.4. The van der Waals surface area contributed by atoms with Crippen molar-refractivity contribution in [2.45, 2.75) is 31.7 Å². The molecule has 0 atom stereocenters. The topological polar surface area (TPSA) is 38.5 Å². The molecule has 0 saturated heterocycles. The first-order valence-corrected chi connectivity index (χ1v) is 6.80. The van der Waals surface area contributed by atoms with Gasteiger partial charge in [0, 0.05) is 18.6 Å². The minimum atomic E-state index is 0.119. The van der Waals surface area contributed by atoms with E-state index in [4.69, 9.17) is 10.5 Å². The van der Waals surface area contributed by atoms with Gasteiger partial charge in [-0.3, -0.25) is 0 Å².